The fourth-order valence-corrected chi connectivity index (χ4v) is 3.18. The molecule has 0 aliphatic rings. The van der Waals surface area contributed by atoms with Crippen LogP contribution in [-0.4, -0.2) is 64.0 Å². The molecule has 0 bridgehead atoms. The highest BCUT2D eigenvalue weighted by molar-refractivity contribution is 7.09. The molecule has 0 atom stereocenters. The van der Waals surface area contributed by atoms with Crippen molar-refractivity contribution in [2.75, 3.05) is 48.2 Å². The van der Waals surface area contributed by atoms with Gasteiger partial charge in [-0.25, -0.2) is 4.98 Å². The Balaban J connectivity index is 2.02. The fraction of sp³-hybridized carbons (Fsp3) is 0.474. The summed E-state index contributed by atoms with van der Waals surface area (Å²) in [5.74, 6) is 1.60. The quantitative estimate of drug-likeness (QED) is 0.531. The second-order valence-electron chi connectivity index (χ2n) is 5.75. The molecule has 0 saturated heterocycles. The first-order valence-electron chi connectivity index (χ1n) is 8.65. The van der Waals surface area contributed by atoms with Gasteiger partial charge in [-0.3, -0.25) is 4.79 Å². The molecule has 0 aliphatic heterocycles. The molecular formula is C19H26N2O6S. The van der Waals surface area contributed by atoms with Gasteiger partial charge in [0, 0.05) is 26.1 Å². The van der Waals surface area contributed by atoms with E-state index in [2.05, 4.69) is 4.98 Å². The third-order valence-corrected chi connectivity index (χ3v) is 4.73. The van der Waals surface area contributed by atoms with Crippen LogP contribution in [0.15, 0.2) is 23.6 Å². The van der Waals surface area contributed by atoms with Crippen molar-refractivity contribution in [1.29, 1.82) is 0 Å². The Morgan fingerprint density at radius 3 is 2.43 bits per heavy atom. The smallest absolute Gasteiger partial charge is 0.248 e. The third-order valence-electron chi connectivity index (χ3n) is 3.86. The van der Waals surface area contributed by atoms with E-state index in [1.165, 1.54) is 18.4 Å². The standard InChI is InChI=1S/C19H26N2O6S/c1-23-9-8-21(18(22)12-24-2)10-14-13-28-17(20-14)11-27-19-15(25-3)6-5-7-16(19)26-4/h5-7,13H,8-12H2,1-4H3. The van der Waals surface area contributed by atoms with Crippen molar-refractivity contribution < 1.29 is 28.5 Å². The number of benzene rings is 1. The zero-order valence-electron chi connectivity index (χ0n) is 16.6. The maximum atomic E-state index is 12.2. The van der Waals surface area contributed by atoms with Crippen LogP contribution in [0.5, 0.6) is 17.2 Å². The number of rotatable bonds is 12. The number of amides is 1. The van der Waals surface area contributed by atoms with E-state index in [1.807, 2.05) is 11.4 Å². The number of nitrogens with zero attached hydrogens (tertiary/aromatic N) is 2. The molecule has 1 heterocycles. The molecule has 8 nitrogen and oxygen atoms in total. The van der Waals surface area contributed by atoms with Gasteiger partial charge in [0.05, 0.1) is 33.1 Å². The number of ether oxygens (including phenoxy) is 5. The Bertz CT molecular complexity index is 730. The topological polar surface area (TPSA) is 79.4 Å². The highest BCUT2D eigenvalue weighted by Crippen LogP contribution is 2.37. The van der Waals surface area contributed by atoms with Crippen LogP contribution >= 0.6 is 11.3 Å². The summed E-state index contributed by atoms with van der Waals surface area (Å²) in [6.45, 7) is 1.60. The van der Waals surface area contributed by atoms with Gasteiger partial charge in [-0.2, -0.15) is 0 Å². The Labute approximate surface area is 168 Å². The van der Waals surface area contributed by atoms with Crippen LogP contribution in [0.4, 0.5) is 0 Å². The Morgan fingerprint density at radius 1 is 1.11 bits per heavy atom. The molecule has 0 radical (unpaired) electrons. The van der Waals surface area contributed by atoms with Crippen LogP contribution in [0, 0.1) is 0 Å². The van der Waals surface area contributed by atoms with Gasteiger partial charge in [0.15, 0.2) is 11.5 Å². The van der Waals surface area contributed by atoms with Gasteiger partial charge in [-0.05, 0) is 12.1 Å². The zero-order valence-corrected chi connectivity index (χ0v) is 17.4. The molecule has 1 amide bonds. The van der Waals surface area contributed by atoms with E-state index in [-0.39, 0.29) is 19.1 Å². The largest absolute Gasteiger partial charge is 0.493 e. The second-order valence-corrected chi connectivity index (χ2v) is 6.70. The molecule has 0 spiro atoms. The Hall–Kier alpha value is -2.36. The van der Waals surface area contributed by atoms with Gasteiger partial charge >= 0.3 is 0 Å². The SMILES string of the molecule is COCCN(Cc1csc(COc2c(OC)cccc2OC)n1)C(=O)COC. The summed E-state index contributed by atoms with van der Waals surface area (Å²) in [4.78, 5) is 18.4. The maximum absolute atomic E-state index is 12.2. The first-order chi connectivity index (χ1) is 13.6. The van der Waals surface area contributed by atoms with E-state index in [9.17, 15) is 4.79 Å². The number of carbonyl (C=O) groups excluding carboxylic acids is 1. The summed E-state index contributed by atoms with van der Waals surface area (Å²) in [6.07, 6.45) is 0. The van der Waals surface area contributed by atoms with E-state index in [0.29, 0.717) is 36.9 Å². The Kier molecular flexibility index (Phi) is 8.99. The van der Waals surface area contributed by atoms with Crippen molar-refractivity contribution in [3.8, 4) is 17.2 Å². The molecular weight excluding hydrogens is 384 g/mol. The number of thiazole rings is 1. The van der Waals surface area contributed by atoms with Crippen molar-refractivity contribution in [2.45, 2.75) is 13.2 Å². The van der Waals surface area contributed by atoms with E-state index in [4.69, 9.17) is 23.7 Å². The molecule has 28 heavy (non-hydrogen) atoms. The minimum atomic E-state index is -0.107. The van der Waals surface area contributed by atoms with Crippen LogP contribution < -0.4 is 14.2 Å². The minimum absolute atomic E-state index is 0.0252. The lowest BCUT2D eigenvalue weighted by Gasteiger charge is -2.21. The molecule has 0 saturated carbocycles. The lowest BCUT2D eigenvalue weighted by molar-refractivity contribution is -0.136. The minimum Gasteiger partial charge on any atom is -0.493 e. The number of hydrogen-bond acceptors (Lipinski definition) is 8. The molecule has 154 valence electrons. The molecule has 1 aromatic heterocycles. The lowest BCUT2D eigenvalue weighted by Crippen LogP contribution is -2.36. The fourth-order valence-electron chi connectivity index (χ4n) is 2.48. The zero-order chi connectivity index (χ0) is 20.4. The maximum Gasteiger partial charge on any atom is 0.248 e. The average Bonchev–Trinajstić information content (AvgIpc) is 3.16. The summed E-state index contributed by atoms with van der Waals surface area (Å²) >= 11 is 1.47. The first kappa shape index (κ1) is 21.9. The van der Waals surface area contributed by atoms with Gasteiger partial charge in [0.25, 0.3) is 0 Å². The lowest BCUT2D eigenvalue weighted by atomic mass is 10.3. The number of aromatic nitrogens is 1. The molecule has 1 aromatic carbocycles. The highest BCUT2D eigenvalue weighted by atomic mass is 32.1. The highest BCUT2D eigenvalue weighted by Gasteiger charge is 2.16. The molecule has 0 fully saturated rings. The summed E-state index contributed by atoms with van der Waals surface area (Å²) in [6, 6.07) is 5.44. The predicted octanol–water partition coefficient (Wildman–Crippen LogP) is 2.36. The normalized spacial score (nSPS) is 10.6. The van der Waals surface area contributed by atoms with E-state index >= 15 is 0 Å². The summed E-state index contributed by atoms with van der Waals surface area (Å²) in [5, 5.41) is 2.70. The molecule has 2 aromatic rings. The van der Waals surface area contributed by atoms with Gasteiger partial charge in [0.2, 0.25) is 11.7 Å². The van der Waals surface area contributed by atoms with Crippen LogP contribution in [0.2, 0.25) is 0 Å². The van der Waals surface area contributed by atoms with E-state index in [1.54, 1.807) is 38.4 Å². The predicted molar refractivity (Wildman–Crippen MR) is 105 cm³/mol. The molecule has 9 heteroatoms. The van der Waals surface area contributed by atoms with Crippen LogP contribution in [0.1, 0.15) is 10.7 Å². The van der Waals surface area contributed by atoms with Crippen molar-refractivity contribution in [3.05, 3.63) is 34.3 Å². The van der Waals surface area contributed by atoms with Gasteiger partial charge in [-0.15, -0.1) is 11.3 Å². The van der Waals surface area contributed by atoms with Crippen LogP contribution in [-0.2, 0) is 27.4 Å². The third kappa shape index (κ3) is 6.08. The Morgan fingerprint density at radius 2 is 1.82 bits per heavy atom. The summed E-state index contributed by atoms with van der Waals surface area (Å²) in [7, 11) is 6.25. The van der Waals surface area contributed by atoms with Crippen LogP contribution in [0.3, 0.4) is 0 Å². The van der Waals surface area contributed by atoms with Crippen LogP contribution in [0.25, 0.3) is 0 Å². The number of methoxy groups -OCH3 is 4. The van der Waals surface area contributed by atoms with Crippen molar-refractivity contribution in [2.24, 2.45) is 0 Å². The van der Waals surface area contributed by atoms with Crippen molar-refractivity contribution >= 4 is 17.2 Å². The second kappa shape index (κ2) is 11.5. The molecule has 0 unspecified atom stereocenters. The molecule has 2 rings (SSSR count). The first-order valence-corrected chi connectivity index (χ1v) is 9.53. The summed E-state index contributed by atoms with van der Waals surface area (Å²) in [5.41, 5.74) is 0.788. The summed E-state index contributed by atoms with van der Waals surface area (Å²) < 4.78 is 26.6. The van der Waals surface area contributed by atoms with Gasteiger partial charge in [-0.1, -0.05) is 6.07 Å². The van der Waals surface area contributed by atoms with Gasteiger partial charge < -0.3 is 28.6 Å². The van der Waals surface area contributed by atoms with Crippen molar-refractivity contribution in [3.63, 3.8) is 0 Å². The molecule has 0 aliphatic carbocycles. The van der Waals surface area contributed by atoms with E-state index < -0.39 is 0 Å². The van der Waals surface area contributed by atoms with Gasteiger partial charge in [0.1, 0.15) is 18.2 Å². The number of para-hydroxylation sites is 1. The van der Waals surface area contributed by atoms with Crippen molar-refractivity contribution in [1.82, 2.24) is 9.88 Å². The van der Waals surface area contributed by atoms with E-state index in [0.717, 1.165) is 10.7 Å². The monoisotopic (exact) mass is 410 g/mol. The molecule has 0 N–H and O–H groups in total. The average molecular weight is 410 g/mol. The number of carbonyl (C=O) groups is 1. The number of hydrogen-bond donors (Lipinski definition) is 0.